The van der Waals surface area contributed by atoms with E-state index < -0.39 is 0 Å². The summed E-state index contributed by atoms with van der Waals surface area (Å²) in [5.74, 6) is 0. The standard InChI is InChI=1S/C7H16FNO/c1-7(10)6-9(2)5-3-4-8/h7,10H,3-6H2,1-2H3/t7-/m0/s1. The maximum absolute atomic E-state index is 11.6. The molecule has 0 aliphatic rings. The van der Waals surface area contributed by atoms with E-state index in [2.05, 4.69) is 0 Å². The van der Waals surface area contributed by atoms with Crippen molar-refractivity contribution in [1.29, 1.82) is 0 Å². The van der Waals surface area contributed by atoms with Crippen LogP contribution in [-0.2, 0) is 0 Å². The first-order valence-corrected chi connectivity index (χ1v) is 3.59. The van der Waals surface area contributed by atoms with Crippen LogP contribution in [-0.4, -0.2) is 42.9 Å². The number of hydrogen-bond acceptors (Lipinski definition) is 2. The molecule has 0 aromatic carbocycles. The summed E-state index contributed by atoms with van der Waals surface area (Å²) in [6.07, 6.45) is 0.244. The Morgan fingerprint density at radius 1 is 1.60 bits per heavy atom. The molecule has 0 heterocycles. The summed E-state index contributed by atoms with van der Waals surface area (Å²) >= 11 is 0. The molecule has 0 saturated carbocycles. The highest BCUT2D eigenvalue weighted by molar-refractivity contribution is 4.55. The summed E-state index contributed by atoms with van der Waals surface area (Å²) in [5.41, 5.74) is 0. The normalized spacial score (nSPS) is 14.1. The van der Waals surface area contributed by atoms with E-state index in [1.807, 2.05) is 11.9 Å². The average molecular weight is 149 g/mol. The molecule has 62 valence electrons. The number of halogens is 1. The van der Waals surface area contributed by atoms with Crippen LogP contribution in [0.25, 0.3) is 0 Å². The number of hydrogen-bond donors (Lipinski definition) is 1. The SMILES string of the molecule is C[C@H](O)CN(C)CCCF. The summed E-state index contributed by atoms with van der Waals surface area (Å²) in [6, 6.07) is 0. The number of rotatable bonds is 5. The molecule has 3 heteroatoms. The number of likely N-dealkylation sites (N-methyl/N-ethyl adjacent to an activating group) is 1. The van der Waals surface area contributed by atoms with E-state index in [4.69, 9.17) is 5.11 Å². The Kier molecular flexibility index (Phi) is 5.54. The molecule has 0 radical (unpaired) electrons. The topological polar surface area (TPSA) is 23.5 Å². The zero-order valence-electron chi connectivity index (χ0n) is 6.68. The van der Waals surface area contributed by atoms with E-state index in [1.54, 1.807) is 6.92 Å². The number of nitrogens with zero attached hydrogens (tertiary/aromatic N) is 1. The Labute approximate surface area is 61.6 Å². The van der Waals surface area contributed by atoms with Gasteiger partial charge in [0.2, 0.25) is 0 Å². The van der Waals surface area contributed by atoms with E-state index in [1.165, 1.54) is 0 Å². The van der Waals surface area contributed by atoms with Gasteiger partial charge in [0.25, 0.3) is 0 Å². The fraction of sp³-hybridized carbons (Fsp3) is 1.00. The summed E-state index contributed by atoms with van der Waals surface area (Å²) in [6.45, 7) is 2.80. The second kappa shape index (κ2) is 5.62. The van der Waals surface area contributed by atoms with E-state index in [0.29, 0.717) is 13.0 Å². The quantitative estimate of drug-likeness (QED) is 0.620. The molecule has 0 aromatic heterocycles. The lowest BCUT2D eigenvalue weighted by molar-refractivity contribution is 0.139. The van der Waals surface area contributed by atoms with Crippen molar-refractivity contribution < 1.29 is 9.50 Å². The lowest BCUT2D eigenvalue weighted by atomic mass is 10.3. The Hall–Kier alpha value is -0.150. The molecule has 0 bridgehead atoms. The van der Waals surface area contributed by atoms with Gasteiger partial charge in [-0.05, 0) is 20.4 Å². The second-order valence-electron chi connectivity index (χ2n) is 2.65. The third kappa shape index (κ3) is 5.98. The molecular weight excluding hydrogens is 133 g/mol. The molecule has 1 N–H and O–H groups in total. The molecule has 0 amide bonds. The van der Waals surface area contributed by atoms with Crippen LogP contribution in [0.15, 0.2) is 0 Å². The molecule has 0 aromatic rings. The van der Waals surface area contributed by atoms with Crippen molar-refractivity contribution in [2.45, 2.75) is 19.4 Å². The average Bonchev–Trinajstić information content (AvgIpc) is 1.82. The minimum atomic E-state index is -0.315. The first-order chi connectivity index (χ1) is 4.66. The molecule has 10 heavy (non-hydrogen) atoms. The van der Waals surface area contributed by atoms with Gasteiger partial charge in [-0.2, -0.15) is 0 Å². The fourth-order valence-corrected chi connectivity index (χ4v) is 0.872. The van der Waals surface area contributed by atoms with Gasteiger partial charge in [-0.15, -0.1) is 0 Å². The Morgan fingerprint density at radius 3 is 2.60 bits per heavy atom. The monoisotopic (exact) mass is 149 g/mol. The molecule has 0 aliphatic heterocycles. The van der Waals surface area contributed by atoms with E-state index in [-0.39, 0.29) is 12.8 Å². The minimum absolute atomic E-state index is 0.274. The maximum Gasteiger partial charge on any atom is 0.0906 e. The van der Waals surface area contributed by atoms with Gasteiger partial charge in [-0.25, -0.2) is 0 Å². The van der Waals surface area contributed by atoms with Crippen molar-refractivity contribution in [3.05, 3.63) is 0 Å². The van der Waals surface area contributed by atoms with Crippen molar-refractivity contribution >= 4 is 0 Å². The molecule has 0 saturated heterocycles. The van der Waals surface area contributed by atoms with Gasteiger partial charge in [0.05, 0.1) is 12.8 Å². The zero-order valence-corrected chi connectivity index (χ0v) is 6.68. The Bertz CT molecular complexity index is 78.0. The number of alkyl halides is 1. The minimum Gasteiger partial charge on any atom is -0.392 e. The maximum atomic E-state index is 11.6. The van der Waals surface area contributed by atoms with E-state index in [9.17, 15) is 4.39 Å². The summed E-state index contributed by atoms with van der Waals surface area (Å²) < 4.78 is 11.6. The lowest BCUT2D eigenvalue weighted by Gasteiger charge is -2.16. The third-order valence-corrected chi connectivity index (χ3v) is 1.25. The van der Waals surface area contributed by atoms with Gasteiger partial charge in [-0.1, -0.05) is 0 Å². The summed E-state index contributed by atoms with van der Waals surface area (Å²) in [7, 11) is 1.88. The van der Waals surface area contributed by atoms with Gasteiger partial charge >= 0.3 is 0 Å². The van der Waals surface area contributed by atoms with Crippen LogP contribution < -0.4 is 0 Å². The Morgan fingerprint density at radius 2 is 2.20 bits per heavy atom. The number of aliphatic hydroxyl groups is 1. The van der Waals surface area contributed by atoms with Crippen LogP contribution in [0.3, 0.4) is 0 Å². The van der Waals surface area contributed by atoms with Crippen LogP contribution in [0, 0.1) is 0 Å². The molecule has 0 rings (SSSR count). The van der Waals surface area contributed by atoms with Crippen molar-refractivity contribution in [1.82, 2.24) is 4.90 Å². The molecule has 0 aliphatic carbocycles. The van der Waals surface area contributed by atoms with Crippen molar-refractivity contribution in [3.8, 4) is 0 Å². The third-order valence-electron chi connectivity index (χ3n) is 1.25. The highest BCUT2D eigenvalue weighted by Gasteiger charge is 2.00. The van der Waals surface area contributed by atoms with Gasteiger partial charge in [0.15, 0.2) is 0 Å². The molecule has 0 spiro atoms. The van der Waals surface area contributed by atoms with Gasteiger partial charge in [-0.3, -0.25) is 4.39 Å². The van der Waals surface area contributed by atoms with Crippen molar-refractivity contribution in [3.63, 3.8) is 0 Å². The fourth-order valence-electron chi connectivity index (χ4n) is 0.872. The summed E-state index contributed by atoms with van der Waals surface area (Å²) in [5, 5.41) is 8.89. The summed E-state index contributed by atoms with van der Waals surface area (Å²) in [4.78, 5) is 1.92. The van der Waals surface area contributed by atoms with Gasteiger partial charge < -0.3 is 10.0 Å². The van der Waals surface area contributed by atoms with Crippen molar-refractivity contribution in [2.24, 2.45) is 0 Å². The molecular formula is C7H16FNO. The van der Waals surface area contributed by atoms with Crippen LogP contribution in [0.2, 0.25) is 0 Å². The Balaban J connectivity index is 3.16. The van der Waals surface area contributed by atoms with Gasteiger partial charge in [0, 0.05) is 13.1 Å². The van der Waals surface area contributed by atoms with E-state index in [0.717, 1.165) is 6.54 Å². The highest BCUT2D eigenvalue weighted by Crippen LogP contribution is 1.90. The molecule has 0 fully saturated rings. The van der Waals surface area contributed by atoms with E-state index >= 15 is 0 Å². The smallest absolute Gasteiger partial charge is 0.0906 e. The van der Waals surface area contributed by atoms with Crippen LogP contribution in [0.1, 0.15) is 13.3 Å². The lowest BCUT2D eigenvalue weighted by Crippen LogP contribution is -2.28. The van der Waals surface area contributed by atoms with Crippen molar-refractivity contribution in [2.75, 3.05) is 26.8 Å². The molecule has 0 unspecified atom stereocenters. The molecule has 2 nitrogen and oxygen atoms in total. The zero-order chi connectivity index (χ0) is 7.98. The second-order valence-corrected chi connectivity index (χ2v) is 2.65. The first kappa shape index (κ1) is 9.85. The number of aliphatic hydroxyl groups excluding tert-OH is 1. The highest BCUT2D eigenvalue weighted by atomic mass is 19.1. The van der Waals surface area contributed by atoms with Crippen LogP contribution >= 0.6 is 0 Å². The van der Waals surface area contributed by atoms with Gasteiger partial charge in [0.1, 0.15) is 0 Å². The van der Waals surface area contributed by atoms with Crippen LogP contribution in [0.5, 0.6) is 0 Å². The molecule has 1 atom stereocenters. The first-order valence-electron chi connectivity index (χ1n) is 3.59. The predicted molar refractivity (Wildman–Crippen MR) is 39.8 cm³/mol. The van der Waals surface area contributed by atoms with Crippen LogP contribution in [0.4, 0.5) is 4.39 Å². The largest absolute Gasteiger partial charge is 0.392 e. The predicted octanol–water partition coefficient (Wildman–Crippen LogP) is 0.659.